The van der Waals surface area contributed by atoms with E-state index in [2.05, 4.69) is 29.7 Å². The van der Waals surface area contributed by atoms with Crippen molar-refractivity contribution >= 4 is 5.91 Å². The van der Waals surface area contributed by atoms with E-state index in [1.807, 2.05) is 12.1 Å². The van der Waals surface area contributed by atoms with Gasteiger partial charge in [-0.25, -0.2) is 0 Å². The molecule has 0 radical (unpaired) electrons. The molecule has 3 nitrogen and oxygen atoms in total. The molecule has 0 bridgehead atoms. The Morgan fingerprint density at radius 3 is 2.74 bits per heavy atom. The lowest BCUT2D eigenvalue weighted by Crippen LogP contribution is -2.31. The Morgan fingerprint density at radius 2 is 2.00 bits per heavy atom. The Morgan fingerprint density at radius 1 is 1.26 bits per heavy atom. The van der Waals surface area contributed by atoms with Crippen LogP contribution in [0.15, 0.2) is 24.3 Å². The van der Waals surface area contributed by atoms with Gasteiger partial charge in [-0.05, 0) is 30.9 Å². The summed E-state index contributed by atoms with van der Waals surface area (Å²) in [5.41, 5.74) is 2.42. The highest BCUT2D eigenvalue weighted by Gasteiger charge is 2.14. The standard InChI is InChI=1S/C16H24N2O/c1-13-6-2-3-7-14(13)12-18-16(19)10-11-17-15-8-4-5-9-15/h2-3,6-7,15,17H,4-5,8-12H2,1H3,(H,18,19). The monoisotopic (exact) mass is 260 g/mol. The summed E-state index contributed by atoms with van der Waals surface area (Å²) in [5.74, 6) is 0.133. The van der Waals surface area contributed by atoms with E-state index in [-0.39, 0.29) is 5.91 Å². The van der Waals surface area contributed by atoms with Crippen LogP contribution in [0, 0.1) is 6.92 Å². The van der Waals surface area contributed by atoms with Gasteiger partial charge in [0.25, 0.3) is 0 Å². The zero-order chi connectivity index (χ0) is 13.5. The van der Waals surface area contributed by atoms with Gasteiger partial charge in [0.2, 0.25) is 5.91 Å². The van der Waals surface area contributed by atoms with Gasteiger partial charge in [-0.1, -0.05) is 37.1 Å². The summed E-state index contributed by atoms with van der Waals surface area (Å²) in [5, 5.41) is 6.45. The zero-order valence-electron chi connectivity index (χ0n) is 11.7. The molecule has 1 saturated carbocycles. The van der Waals surface area contributed by atoms with Crippen molar-refractivity contribution in [1.82, 2.24) is 10.6 Å². The number of nitrogens with one attached hydrogen (secondary N) is 2. The number of benzene rings is 1. The summed E-state index contributed by atoms with van der Waals surface area (Å²) in [6.45, 7) is 3.50. The van der Waals surface area contributed by atoms with Gasteiger partial charge < -0.3 is 10.6 Å². The third kappa shape index (κ3) is 4.67. The van der Waals surface area contributed by atoms with E-state index in [0.717, 1.165) is 6.54 Å². The van der Waals surface area contributed by atoms with Crippen LogP contribution in [0.2, 0.25) is 0 Å². The first kappa shape index (κ1) is 14.1. The molecular formula is C16H24N2O. The van der Waals surface area contributed by atoms with Crippen LogP contribution in [0.4, 0.5) is 0 Å². The van der Waals surface area contributed by atoms with Gasteiger partial charge in [-0.2, -0.15) is 0 Å². The van der Waals surface area contributed by atoms with Crippen molar-refractivity contribution in [3.63, 3.8) is 0 Å². The fourth-order valence-electron chi connectivity index (χ4n) is 2.61. The van der Waals surface area contributed by atoms with Crippen molar-refractivity contribution in [2.24, 2.45) is 0 Å². The molecule has 0 spiro atoms. The van der Waals surface area contributed by atoms with Crippen LogP contribution in [0.25, 0.3) is 0 Å². The summed E-state index contributed by atoms with van der Waals surface area (Å²) in [4.78, 5) is 11.8. The van der Waals surface area contributed by atoms with Crippen LogP contribution >= 0.6 is 0 Å². The van der Waals surface area contributed by atoms with Crippen molar-refractivity contribution in [3.8, 4) is 0 Å². The molecular weight excluding hydrogens is 236 g/mol. The molecule has 0 atom stereocenters. The smallest absolute Gasteiger partial charge is 0.221 e. The normalized spacial score (nSPS) is 15.6. The Hall–Kier alpha value is -1.35. The average molecular weight is 260 g/mol. The van der Waals surface area contributed by atoms with Crippen molar-refractivity contribution < 1.29 is 4.79 Å². The Labute approximate surface area is 115 Å². The SMILES string of the molecule is Cc1ccccc1CNC(=O)CCNC1CCCC1. The zero-order valence-corrected chi connectivity index (χ0v) is 11.7. The summed E-state index contributed by atoms with van der Waals surface area (Å²) in [6, 6.07) is 8.81. The van der Waals surface area contributed by atoms with Crippen LogP contribution in [-0.2, 0) is 11.3 Å². The molecule has 2 N–H and O–H groups in total. The topological polar surface area (TPSA) is 41.1 Å². The van der Waals surface area contributed by atoms with E-state index >= 15 is 0 Å². The first-order chi connectivity index (χ1) is 9.25. The van der Waals surface area contributed by atoms with Gasteiger partial charge in [0.05, 0.1) is 0 Å². The second-order valence-corrected chi connectivity index (χ2v) is 5.39. The third-order valence-corrected chi connectivity index (χ3v) is 3.88. The van der Waals surface area contributed by atoms with E-state index in [4.69, 9.17) is 0 Å². The lowest BCUT2D eigenvalue weighted by molar-refractivity contribution is -0.121. The molecule has 1 fully saturated rings. The maximum atomic E-state index is 11.8. The van der Waals surface area contributed by atoms with Crippen LogP contribution in [0.1, 0.15) is 43.2 Å². The molecule has 0 heterocycles. The van der Waals surface area contributed by atoms with Crippen LogP contribution in [0.5, 0.6) is 0 Å². The molecule has 0 saturated heterocycles. The highest BCUT2D eigenvalue weighted by molar-refractivity contribution is 5.76. The first-order valence-electron chi connectivity index (χ1n) is 7.30. The molecule has 3 heteroatoms. The van der Waals surface area contributed by atoms with Crippen LogP contribution in [0.3, 0.4) is 0 Å². The molecule has 1 aliphatic rings. The Bertz CT molecular complexity index is 411. The highest BCUT2D eigenvalue weighted by Crippen LogP contribution is 2.17. The number of carbonyl (C=O) groups is 1. The minimum Gasteiger partial charge on any atom is -0.352 e. The molecule has 0 aliphatic heterocycles. The Kier molecular flexibility index (Phi) is 5.40. The molecule has 19 heavy (non-hydrogen) atoms. The van der Waals surface area contributed by atoms with E-state index in [0.29, 0.717) is 19.0 Å². The number of rotatable bonds is 6. The summed E-state index contributed by atoms with van der Waals surface area (Å²) >= 11 is 0. The highest BCUT2D eigenvalue weighted by atomic mass is 16.1. The molecule has 1 aliphatic carbocycles. The fraction of sp³-hybridized carbons (Fsp3) is 0.562. The van der Waals surface area contributed by atoms with Crippen LogP contribution in [-0.4, -0.2) is 18.5 Å². The average Bonchev–Trinajstić information content (AvgIpc) is 2.91. The second kappa shape index (κ2) is 7.29. The van der Waals surface area contributed by atoms with E-state index in [1.54, 1.807) is 0 Å². The van der Waals surface area contributed by atoms with Gasteiger partial charge in [0.1, 0.15) is 0 Å². The predicted molar refractivity (Wildman–Crippen MR) is 77.9 cm³/mol. The first-order valence-corrected chi connectivity index (χ1v) is 7.30. The number of hydrogen-bond donors (Lipinski definition) is 2. The van der Waals surface area contributed by atoms with Crippen molar-refractivity contribution in [3.05, 3.63) is 35.4 Å². The molecule has 1 amide bonds. The minimum absolute atomic E-state index is 0.133. The number of aryl methyl sites for hydroxylation is 1. The lowest BCUT2D eigenvalue weighted by atomic mass is 10.1. The fourth-order valence-corrected chi connectivity index (χ4v) is 2.61. The largest absolute Gasteiger partial charge is 0.352 e. The minimum atomic E-state index is 0.133. The molecule has 0 aromatic heterocycles. The molecule has 1 aromatic carbocycles. The van der Waals surface area contributed by atoms with Gasteiger partial charge >= 0.3 is 0 Å². The van der Waals surface area contributed by atoms with Gasteiger partial charge in [-0.15, -0.1) is 0 Å². The van der Waals surface area contributed by atoms with Crippen LogP contribution < -0.4 is 10.6 Å². The summed E-state index contributed by atoms with van der Waals surface area (Å²) < 4.78 is 0. The molecule has 104 valence electrons. The molecule has 0 unspecified atom stereocenters. The maximum absolute atomic E-state index is 11.8. The molecule has 2 rings (SSSR count). The van der Waals surface area contributed by atoms with Crippen molar-refractivity contribution in [2.45, 2.75) is 51.6 Å². The van der Waals surface area contributed by atoms with Crippen molar-refractivity contribution in [2.75, 3.05) is 6.54 Å². The van der Waals surface area contributed by atoms with E-state index in [9.17, 15) is 4.79 Å². The lowest BCUT2D eigenvalue weighted by Gasteiger charge is -2.12. The number of hydrogen-bond acceptors (Lipinski definition) is 2. The predicted octanol–water partition coefficient (Wildman–Crippen LogP) is 2.53. The number of amides is 1. The third-order valence-electron chi connectivity index (χ3n) is 3.88. The van der Waals surface area contributed by atoms with Gasteiger partial charge in [-0.3, -0.25) is 4.79 Å². The van der Waals surface area contributed by atoms with E-state index in [1.165, 1.54) is 36.8 Å². The molecule has 1 aromatic rings. The summed E-state index contributed by atoms with van der Waals surface area (Å²) in [7, 11) is 0. The summed E-state index contributed by atoms with van der Waals surface area (Å²) in [6.07, 6.45) is 5.77. The number of carbonyl (C=O) groups excluding carboxylic acids is 1. The van der Waals surface area contributed by atoms with Gasteiger partial charge in [0, 0.05) is 25.6 Å². The maximum Gasteiger partial charge on any atom is 0.221 e. The second-order valence-electron chi connectivity index (χ2n) is 5.39. The van der Waals surface area contributed by atoms with E-state index < -0.39 is 0 Å². The van der Waals surface area contributed by atoms with Crippen molar-refractivity contribution in [1.29, 1.82) is 0 Å². The Balaban J connectivity index is 1.63. The van der Waals surface area contributed by atoms with Gasteiger partial charge in [0.15, 0.2) is 0 Å². The quantitative estimate of drug-likeness (QED) is 0.825.